The van der Waals surface area contributed by atoms with Gasteiger partial charge < -0.3 is 9.13 Å². The summed E-state index contributed by atoms with van der Waals surface area (Å²) in [6.07, 6.45) is 0. The van der Waals surface area contributed by atoms with E-state index in [2.05, 4.69) is 388 Å². The fraction of sp³-hybridized carbons (Fsp3) is 0.314. The van der Waals surface area contributed by atoms with Crippen molar-refractivity contribution in [2.75, 3.05) is 0 Å². The van der Waals surface area contributed by atoms with Crippen LogP contribution in [0.25, 0.3) is 133 Å². The second-order valence-corrected chi connectivity index (χ2v) is 39.8. The topological polar surface area (TPSA) is 35.6 Å². The van der Waals surface area contributed by atoms with Gasteiger partial charge in [0.15, 0.2) is 5.82 Å². The maximum atomic E-state index is 5.97. The Kier molecular flexibility index (Phi) is 16.2. The van der Waals surface area contributed by atoms with E-state index in [9.17, 15) is 0 Å². The number of rotatable bonds is 7. The van der Waals surface area contributed by atoms with Crippen LogP contribution in [0, 0.1) is 0 Å². The lowest BCUT2D eigenvalue weighted by molar-refractivity contribution is 0.568. The maximum Gasteiger partial charge on any atom is 0.252 e. The van der Waals surface area contributed by atoms with Crippen LogP contribution in [0.5, 0.6) is 0 Å². The molecule has 0 bridgehead atoms. The van der Waals surface area contributed by atoms with E-state index >= 15 is 0 Å². The molecule has 0 amide bonds. The predicted octanol–water partition coefficient (Wildman–Crippen LogP) is 25.9. The fourth-order valence-corrected chi connectivity index (χ4v) is 16.7. The first kappa shape index (κ1) is 71.4. The van der Waals surface area contributed by atoms with Gasteiger partial charge in [-0.05, 0) is 228 Å². The molecule has 0 N–H and O–H groups in total. The Morgan fingerprint density at radius 2 is 0.495 bits per heavy atom. The normalized spacial score (nSPS) is 13.6. The van der Waals surface area contributed by atoms with Gasteiger partial charge in [0.1, 0.15) is 0 Å². The number of nitrogens with zero attached hydrogens (tertiary/aromatic N) is 4. The molecule has 14 aromatic rings. The molecule has 0 saturated carbocycles. The molecular formula is C102H107BN4. The first-order valence-corrected chi connectivity index (χ1v) is 39.1. The van der Waals surface area contributed by atoms with E-state index in [-0.39, 0.29) is 50.0 Å². The van der Waals surface area contributed by atoms with Gasteiger partial charge in [-0.3, -0.25) is 0 Å². The molecule has 2 aliphatic rings. The van der Waals surface area contributed by atoms with E-state index in [1.165, 1.54) is 138 Å². The first-order chi connectivity index (χ1) is 50.0. The van der Waals surface area contributed by atoms with Gasteiger partial charge in [0.05, 0.1) is 22.4 Å². The maximum absolute atomic E-state index is 5.97. The molecule has 0 spiro atoms. The minimum Gasteiger partial charge on any atom is -0.310 e. The molecule has 5 heteroatoms. The van der Waals surface area contributed by atoms with Crippen molar-refractivity contribution in [3.63, 3.8) is 0 Å². The van der Waals surface area contributed by atoms with Crippen LogP contribution >= 0.6 is 0 Å². The number of hydrogen-bond acceptors (Lipinski definition) is 2. The van der Waals surface area contributed by atoms with Crippen molar-refractivity contribution < 1.29 is 0 Å². The minimum absolute atomic E-state index is 0.00181. The summed E-state index contributed by atoms with van der Waals surface area (Å²) in [5.41, 5.74) is 35.5. The second-order valence-electron chi connectivity index (χ2n) is 39.8. The van der Waals surface area contributed by atoms with Crippen LogP contribution in [0.2, 0.25) is 0 Å². The quantitative estimate of drug-likeness (QED) is 0.149. The number of hydrogen-bond donors (Lipinski definition) is 0. The van der Waals surface area contributed by atoms with Crippen LogP contribution in [0.1, 0.15) is 211 Å². The molecule has 107 heavy (non-hydrogen) atoms. The van der Waals surface area contributed by atoms with E-state index in [4.69, 9.17) is 9.97 Å². The molecule has 4 nitrogen and oxygen atoms in total. The lowest BCUT2D eigenvalue weighted by Gasteiger charge is -2.34. The van der Waals surface area contributed by atoms with E-state index in [0.717, 1.165) is 50.5 Å². The van der Waals surface area contributed by atoms with Crippen molar-refractivity contribution in [1.82, 2.24) is 19.1 Å². The van der Waals surface area contributed by atoms with Gasteiger partial charge in [0.2, 0.25) is 0 Å². The molecule has 0 fully saturated rings. The third kappa shape index (κ3) is 12.6. The summed E-state index contributed by atoms with van der Waals surface area (Å²) in [4.78, 5) is 11.9. The van der Waals surface area contributed by atoms with Crippen LogP contribution < -0.4 is 16.4 Å². The van der Waals surface area contributed by atoms with Gasteiger partial charge >= 0.3 is 0 Å². The Bertz CT molecular complexity index is 5530. The molecule has 16 rings (SSSR count). The van der Waals surface area contributed by atoms with Crippen LogP contribution in [-0.4, -0.2) is 25.8 Å². The highest BCUT2D eigenvalue weighted by Gasteiger charge is 2.43. The van der Waals surface area contributed by atoms with Crippen molar-refractivity contribution in [2.45, 2.75) is 209 Å². The van der Waals surface area contributed by atoms with Crippen molar-refractivity contribution >= 4 is 66.7 Å². The lowest BCUT2D eigenvalue weighted by Crippen LogP contribution is -2.59. The van der Waals surface area contributed by atoms with Gasteiger partial charge in [-0.1, -0.05) is 300 Å². The van der Waals surface area contributed by atoms with Crippen LogP contribution in [0.4, 0.5) is 0 Å². The Balaban J connectivity index is 1.06. The Morgan fingerprint density at radius 3 is 0.785 bits per heavy atom. The van der Waals surface area contributed by atoms with Crippen molar-refractivity contribution in [3.8, 4) is 89.8 Å². The molecule has 0 unspecified atom stereocenters. The van der Waals surface area contributed by atoms with E-state index in [0.29, 0.717) is 5.82 Å². The molecule has 538 valence electrons. The van der Waals surface area contributed by atoms with Crippen LogP contribution in [0.3, 0.4) is 0 Å². The van der Waals surface area contributed by atoms with E-state index in [1.807, 2.05) is 0 Å². The Hall–Kier alpha value is -9.84. The van der Waals surface area contributed by atoms with Crippen LogP contribution in [0.15, 0.2) is 212 Å². The molecule has 0 atom stereocenters. The molecule has 11 aromatic carbocycles. The number of fused-ring (bicyclic) bond motifs is 10. The summed E-state index contributed by atoms with van der Waals surface area (Å²) < 4.78 is 5.30. The largest absolute Gasteiger partial charge is 0.310 e. The molecule has 0 saturated heterocycles. The summed E-state index contributed by atoms with van der Waals surface area (Å²) in [5, 5.41) is 4.91. The third-order valence-corrected chi connectivity index (χ3v) is 23.6. The van der Waals surface area contributed by atoms with E-state index < -0.39 is 0 Å². The Morgan fingerprint density at radius 1 is 0.224 bits per heavy atom. The molecule has 0 radical (unpaired) electrons. The predicted molar refractivity (Wildman–Crippen MR) is 463 cm³/mol. The lowest BCUT2D eigenvalue weighted by atomic mass is 9.34. The minimum atomic E-state index is -0.196. The standard InChI is InChI=1S/C102H107BN4/c1-95(2,3)71-35-25-60(26-36-71)64-33-43-87-79(49-64)81-51-66(62-29-39-73(40-30-62)97(7,8)9)53-83-92(81)106(87)89-55-70(94-104-85(68-45-75(99(13,14)15)57-76(46-68)100(16,17)18)59-86(105-94)69-47-77(101(19,20)21)58-78(48-69)102(22,23)24)56-90-91(89)103(83)84-54-67(63-31-41-74(42-32-63)98(10,11)12)52-82-80-50-65(34-44-88(80)107(90)93(82)84)61-27-37-72(38-28-61)96(4,5)6/h25-59H,1-24H3. The highest BCUT2D eigenvalue weighted by Crippen LogP contribution is 2.47. The number of aromatic nitrogens is 4. The fourth-order valence-electron chi connectivity index (χ4n) is 16.7. The summed E-state index contributed by atoms with van der Waals surface area (Å²) in [6, 6.07) is 83.9. The summed E-state index contributed by atoms with van der Waals surface area (Å²) in [5.74, 6) is 0.687. The SMILES string of the molecule is CC(C)(C)c1ccc(-c2ccc3c(c2)c2cc(-c4ccc(C(C)(C)C)cc4)cc4c2n3-c2cc(-c3nc(-c5cc(C(C)(C)C)cc(C(C)(C)C)c5)cc(-c5cc(C(C)(C)C)cc(C(C)(C)C)c5)n3)cc3c2B4c2cc(-c4ccc(C(C)(C)C)cc4)cc4c5cc(-c6ccc(C(C)(C)C)cc6)ccc5n-3c24)cc1. The van der Waals surface area contributed by atoms with Gasteiger partial charge in [-0.15, -0.1) is 0 Å². The summed E-state index contributed by atoms with van der Waals surface area (Å²) in [7, 11) is 0. The summed E-state index contributed by atoms with van der Waals surface area (Å²) >= 11 is 0. The zero-order valence-corrected chi connectivity index (χ0v) is 68.1. The van der Waals surface area contributed by atoms with Gasteiger partial charge in [-0.2, -0.15) is 0 Å². The monoisotopic (exact) mass is 1400 g/mol. The molecule has 3 aromatic heterocycles. The van der Waals surface area contributed by atoms with Crippen molar-refractivity contribution in [2.24, 2.45) is 0 Å². The van der Waals surface area contributed by atoms with Crippen molar-refractivity contribution in [1.29, 1.82) is 0 Å². The molecule has 0 aliphatic carbocycles. The average Bonchev–Trinajstić information content (AvgIpc) is 1.50. The highest BCUT2D eigenvalue weighted by atomic mass is 15.0. The van der Waals surface area contributed by atoms with E-state index in [1.54, 1.807) is 0 Å². The van der Waals surface area contributed by atoms with Gasteiger partial charge in [0.25, 0.3) is 6.71 Å². The average molecular weight is 1400 g/mol. The zero-order valence-electron chi connectivity index (χ0n) is 68.1. The molecule has 5 heterocycles. The number of benzene rings is 11. The molecular weight excluding hydrogens is 1290 g/mol. The van der Waals surface area contributed by atoms with Gasteiger partial charge in [0, 0.05) is 60.6 Å². The molecule has 2 aliphatic heterocycles. The summed E-state index contributed by atoms with van der Waals surface area (Å²) in [6.45, 7) is 55.5. The zero-order chi connectivity index (χ0) is 76.1. The van der Waals surface area contributed by atoms with Crippen molar-refractivity contribution in [3.05, 3.63) is 257 Å². The van der Waals surface area contributed by atoms with Gasteiger partial charge in [-0.25, -0.2) is 9.97 Å². The second kappa shape index (κ2) is 24.3. The van der Waals surface area contributed by atoms with Crippen LogP contribution in [-0.2, 0) is 43.3 Å². The highest BCUT2D eigenvalue weighted by molar-refractivity contribution is 7.00. The third-order valence-electron chi connectivity index (χ3n) is 23.6. The Labute approximate surface area is 637 Å². The smallest absolute Gasteiger partial charge is 0.252 e. The first-order valence-electron chi connectivity index (χ1n) is 39.1.